The molecule has 8 rings (SSSR count). The highest BCUT2D eigenvalue weighted by Crippen LogP contribution is 2.47. The first-order valence-corrected chi connectivity index (χ1v) is 19.0. The van der Waals surface area contributed by atoms with Crippen LogP contribution in [0, 0.1) is 0 Å². The van der Waals surface area contributed by atoms with Gasteiger partial charge in [0, 0.05) is 11.1 Å². The summed E-state index contributed by atoms with van der Waals surface area (Å²) in [6.07, 6.45) is 14.1. The van der Waals surface area contributed by atoms with Gasteiger partial charge in [-0.15, -0.1) is 0 Å². The minimum Gasteiger partial charge on any atom is -0.368 e. The molecule has 284 valence electrons. The quantitative estimate of drug-likeness (QED) is 0.208. The fraction of sp³-hybridized carbons (Fsp3) is 0.450. The summed E-state index contributed by atoms with van der Waals surface area (Å²) in [4.78, 5) is 49.4. The van der Waals surface area contributed by atoms with Gasteiger partial charge in [-0.05, 0) is 102 Å². The lowest BCUT2D eigenvalue weighted by Crippen LogP contribution is -2.54. The van der Waals surface area contributed by atoms with E-state index in [0.29, 0.717) is 24.5 Å². The summed E-state index contributed by atoms with van der Waals surface area (Å²) in [6.45, 7) is 1.27. The maximum atomic E-state index is 12.6. The van der Waals surface area contributed by atoms with Gasteiger partial charge in [0.2, 0.25) is 11.2 Å². The van der Waals surface area contributed by atoms with Crippen LogP contribution in [0.5, 0.6) is 0 Å². The number of amides is 4. The van der Waals surface area contributed by atoms with E-state index in [4.69, 9.17) is 17.3 Å². The molecule has 0 bridgehead atoms. The molecule has 14 heteroatoms. The Kier molecular flexibility index (Phi) is 10.2. The lowest BCUT2D eigenvalue weighted by molar-refractivity contribution is 0.0657. The number of carbonyl (C=O) groups excluding carboxylic acids is 2. The third kappa shape index (κ3) is 7.07. The van der Waals surface area contributed by atoms with Crippen LogP contribution in [-0.4, -0.2) is 94.2 Å². The number of urea groups is 2. The first-order valence-electron chi connectivity index (χ1n) is 18.6. The average molecular weight is 752 g/mol. The molecule has 4 fully saturated rings. The Morgan fingerprint density at radius 1 is 0.593 bits per heavy atom. The van der Waals surface area contributed by atoms with E-state index >= 15 is 0 Å². The van der Waals surface area contributed by atoms with Crippen LogP contribution < -0.4 is 26.2 Å². The third-order valence-electron chi connectivity index (χ3n) is 12.4. The Morgan fingerprint density at radius 2 is 0.944 bits per heavy atom. The molecule has 2 saturated carbocycles. The Hall–Kier alpha value is -4.85. The SMILES string of the molecule is CN(C)C1(c2ccccc2)CCC2(CC1)CN(c1cnc(Cl)nc1)C(=O)N2.CN(C)C1(c2ccccc2)CCC2(CC1)CN(c1cnc(N)nc1)C(=O)N2. The normalized spacial score (nSPS) is 28.0. The van der Waals surface area contributed by atoms with E-state index in [1.54, 1.807) is 34.6 Å². The molecule has 0 radical (unpaired) electrons. The monoisotopic (exact) mass is 751 g/mol. The second-order valence-electron chi connectivity index (χ2n) is 15.7. The first-order chi connectivity index (χ1) is 25.9. The molecule has 2 saturated heterocycles. The first kappa shape index (κ1) is 37.5. The fourth-order valence-corrected chi connectivity index (χ4v) is 9.18. The minimum absolute atomic E-state index is 0.00798. The smallest absolute Gasteiger partial charge is 0.322 e. The number of nitrogens with two attached hydrogens (primary N) is 1. The van der Waals surface area contributed by atoms with Gasteiger partial charge in [0.05, 0.1) is 60.3 Å². The third-order valence-corrected chi connectivity index (χ3v) is 12.6. The molecule has 2 spiro atoms. The summed E-state index contributed by atoms with van der Waals surface area (Å²) in [5.41, 5.74) is 9.23. The van der Waals surface area contributed by atoms with E-state index in [2.05, 4.69) is 129 Å². The second-order valence-corrected chi connectivity index (χ2v) is 16.0. The van der Waals surface area contributed by atoms with E-state index < -0.39 is 0 Å². The van der Waals surface area contributed by atoms with Gasteiger partial charge in [-0.1, -0.05) is 60.7 Å². The van der Waals surface area contributed by atoms with Crippen LogP contribution in [-0.2, 0) is 11.1 Å². The van der Waals surface area contributed by atoms with Crippen molar-refractivity contribution in [2.45, 2.75) is 73.5 Å². The number of anilines is 3. The van der Waals surface area contributed by atoms with E-state index in [9.17, 15) is 9.59 Å². The van der Waals surface area contributed by atoms with Crippen LogP contribution in [0.4, 0.5) is 26.9 Å². The van der Waals surface area contributed by atoms with Crippen molar-refractivity contribution in [2.24, 2.45) is 0 Å². The van der Waals surface area contributed by atoms with Crippen molar-refractivity contribution in [3.05, 3.63) is 102 Å². The van der Waals surface area contributed by atoms with Crippen molar-refractivity contribution in [1.82, 2.24) is 40.4 Å². The molecule has 2 aromatic carbocycles. The van der Waals surface area contributed by atoms with Crippen LogP contribution in [0.1, 0.15) is 62.5 Å². The van der Waals surface area contributed by atoms with Gasteiger partial charge >= 0.3 is 12.1 Å². The number of hydrogen-bond donors (Lipinski definition) is 3. The van der Waals surface area contributed by atoms with Gasteiger partial charge in [-0.2, -0.15) is 0 Å². The van der Waals surface area contributed by atoms with Crippen molar-refractivity contribution in [1.29, 1.82) is 0 Å². The zero-order valence-electron chi connectivity index (χ0n) is 31.5. The molecule has 4 N–H and O–H groups in total. The van der Waals surface area contributed by atoms with Crippen LogP contribution in [0.15, 0.2) is 85.5 Å². The van der Waals surface area contributed by atoms with Crippen LogP contribution >= 0.6 is 11.6 Å². The minimum atomic E-state index is -0.203. The maximum absolute atomic E-state index is 12.6. The zero-order chi connectivity index (χ0) is 38.1. The molecule has 2 aliphatic carbocycles. The number of benzene rings is 2. The van der Waals surface area contributed by atoms with Gasteiger partial charge in [-0.3, -0.25) is 19.6 Å². The van der Waals surface area contributed by atoms with Gasteiger partial charge in [0.25, 0.3) is 0 Å². The van der Waals surface area contributed by atoms with Gasteiger partial charge in [0.1, 0.15) is 0 Å². The van der Waals surface area contributed by atoms with Gasteiger partial charge in [0.15, 0.2) is 0 Å². The van der Waals surface area contributed by atoms with E-state index in [0.717, 1.165) is 51.4 Å². The number of nitrogens with one attached hydrogen (secondary N) is 2. The lowest BCUT2D eigenvalue weighted by atomic mass is 9.69. The highest BCUT2D eigenvalue weighted by atomic mass is 35.5. The summed E-state index contributed by atoms with van der Waals surface area (Å²) in [7, 11) is 8.59. The highest BCUT2D eigenvalue weighted by molar-refractivity contribution is 6.28. The molecule has 4 aliphatic rings. The molecule has 13 nitrogen and oxygen atoms in total. The number of nitrogen functional groups attached to an aromatic ring is 1. The number of nitrogens with zero attached hydrogens (tertiary/aromatic N) is 8. The summed E-state index contributed by atoms with van der Waals surface area (Å²) in [6, 6.07) is 21.2. The predicted molar refractivity (Wildman–Crippen MR) is 211 cm³/mol. The van der Waals surface area contributed by atoms with E-state index in [-0.39, 0.29) is 45.4 Å². The molecular weight excluding hydrogens is 702 g/mol. The fourth-order valence-electron chi connectivity index (χ4n) is 9.08. The van der Waals surface area contributed by atoms with Crippen molar-refractivity contribution in [3.63, 3.8) is 0 Å². The lowest BCUT2D eigenvalue weighted by Gasteiger charge is -2.48. The Bertz CT molecular complexity index is 1770. The molecule has 4 aromatic rings. The zero-order valence-corrected chi connectivity index (χ0v) is 32.3. The van der Waals surface area contributed by atoms with E-state index in [1.165, 1.54) is 11.1 Å². The molecule has 54 heavy (non-hydrogen) atoms. The number of halogens is 1. The topological polar surface area (TPSA) is 149 Å². The van der Waals surface area contributed by atoms with Crippen LogP contribution in [0.2, 0.25) is 5.28 Å². The number of hydrogen-bond acceptors (Lipinski definition) is 9. The van der Waals surface area contributed by atoms with Crippen LogP contribution in [0.25, 0.3) is 0 Å². The molecule has 0 atom stereocenters. The summed E-state index contributed by atoms with van der Waals surface area (Å²) >= 11 is 5.77. The average Bonchev–Trinajstić information content (AvgIpc) is 3.68. The molecule has 4 amide bonds. The van der Waals surface area contributed by atoms with Gasteiger partial charge in [-0.25, -0.2) is 29.5 Å². The van der Waals surface area contributed by atoms with E-state index in [1.807, 2.05) is 0 Å². The largest absolute Gasteiger partial charge is 0.368 e. The Balaban J connectivity index is 0.000000167. The highest BCUT2D eigenvalue weighted by Gasteiger charge is 2.52. The van der Waals surface area contributed by atoms with Gasteiger partial charge < -0.3 is 16.4 Å². The standard InChI is InChI=1S/C20H24ClN5O.C20H26N6O/c2*1-25(2)20(15-6-4-3-5-7-15)10-8-19(9-11-20)14-26(18(27)24-19)16-12-22-17(21)23-13-16/h3-7,12-13H,8-11,14H2,1-2H3,(H,24,27);3-7,12-13H,8-11,14H2,1-2H3,(H,24,27)(H2,21,22,23). The number of aromatic nitrogens is 4. The maximum Gasteiger partial charge on any atom is 0.322 e. The molecule has 4 heterocycles. The number of carbonyl (C=O) groups is 2. The predicted octanol–water partition coefficient (Wildman–Crippen LogP) is 5.79. The second kappa shape index (κ2) is 14.8. The van der Waals surface area contributed by atoms with Crippen LogP contribution in [0.3, 0.4) is 0 Å². The molecule has 2 aromatic heterocycles. The summed E-state index contributed by atoms with van der Waals surface area (Å²) in [5, 5.41) is 6.67. The Morgan fingerprint density at radius 3 is 1.30 bits per heavy atom. The van der Waals surface area contributed by atoms with Crippen molar-refractivity contribution in [3.8, 4) is 0 Å². The molecule has 0 unspecified atom stereocenters. The molecule has 2 aliphatic heterocycles. The number of rotatable bonds is 6. The molecular formula is C40H50ClN11O2. The Labute approximate surface area is 322 Å². The van der Waals surface area contributed by atoms with Crippen molar-refractivity contribution < 1.29 is 9.59 Å². The van der Waals surface area contributed by atoms with Crippen molar-refractivity contribution in [2.75, 3.05) is 56.8 Å². The summed E-state index contributed by atoms with van der Waals surface area (Å²) in [5.74, 6) is 0.212. The summed E-state index contributed by atoms with van der Waals surface area (Å²) < 4.78 is 0. The van der Waals surface area contributed by atoms with Crippen molar-refractivity contribution >= 4 is 41.0 Å².